The van der Waals surface area contributed by atoms with Gasteiger partial charge in [-0.2, -0.15) is 0 Å². The molecule has 0 aromatic carbocycles. The van der Waals surface area contributed by atoms with Gasteiger partial charge in [-0.3, -0.25) is 9.69 Å². The van der Waals surface area contributed by atoms with Crippen LogP contribution in [0.3, 0.4) is 0 Å². The summed E-state index contributed by atoms with van der Waals surface area (Å²) < 4.78 is 5.48. The van der Waals surface area contributed by atoms with Crippen molar-refractivity contribution in [3.8, 4) is 0 Å². The molecule has 17 heavy (non-hydrogen) atoms. The quantitative estimate of drug-likeness (QED) is 0.753. The molecule has 1 aliphatic heterocycles. The first-order chi connectivity index (χ1) is 8.16. The molecule has 98 valence electrons. The zero-order valence-corrected chi connectivity index (χ0v) is 10.9. The highest BCUT2D eigenvalue weighted by Gasteiger charge is 2.31. The van der Waals surface area contributed by atoms with Crippen LogP contribution in [0.15, 0.2) is 0 Å². The Morgan fingerprint density at radius 3 is 2.82 bits per heavy atom. The Morgan fingerprint density at radius 2 is 2.24 bits per heavy atom. The Labute approximate surface area is 104 Å². The van der Waals surface area contributed by atoms with Crippen LogP contribution in [0.4, 0.5) is 0 Å². The summed E-state index contributed by atoms with van der Waals surface area (Å²) in [5.41, 5.74) is 0. The molecule has 1 amide bonds. The Kier molecular flexibility index (Phi) is 4.40. The highest BCUT2D eigenvalue weighted by molar-refractivity contribution is 5.78. The fourth-order valence-corrected chi connectivity index (χ4v) is 2.40. The molecule has 2 atom stereocenters. The number of ether oxygens (including phenoxy) is 1. The van der Waals surface area contributed by atoms with Crippen molar-refractivity contribution in [1.29, 1.82) is 0 Å². The van der Waals surface area contributed by atoms with Crippen LogP contribution in [0.1, 0.15) is 32.6 Å². The minimum absolute atomic E-state index is 0.121. The van der Waals surface area contributed by atoms with Gasteiger partial charge in [-0.05, 0) is 45.6 Å². The van der Waals surface area contributed by atoms with Gasteiger partial charge in [0.25, 0.3) is 0 Å². The van der Waals surface area contributed by atoms with E-state index in [0.717, 1.165) is 25.4 Å². The maximum Gasteiger partial charge on any atom is 0.234 e. The summed E-state index contributed by atoms with van der Waals surface area (Å²) in [5, 5.41) is 2.96. The summed E-state index contributed by atoms with van der Waals surface area (Å²) in [6.07, 6.45) is 5.09. The van der Waals surface area contributed by atoms with Crippen LogP contribution in [-0.2, 0) is 9.53 Å². The van der Waals surface area contributed by atoms with Crippen molar-refractivity contribution in [3.63, 3.8) is 0 Å². The van der Waals surface area contributed by atoms with Crippen LogP contribution in [-0.4, -0.2) is 49.7 Å². The summed E-state index contributed by atoms with van der Waals surface area (Å²) in [4.78, 5) is 13.9. The molecule has 2 fully saturated rings. The van der Waals surface area contributed by atoms with Crippen LogP contribution in [0, 0.1) is 5.92 Å². The van der Waals surface area contributed by atoms with E-state index >= 15 is 0 Å². The van der Waals surface area contributed by atoms with Gasteiger partial charge in [-0.25, -0.2) is 0 Å². The first-order valence-corrected chi connectivity index (χ1v) is 6.75. The van der Waals surface area contributed by atoms with Gasteiger partial charge in [0.1, 0.15) is 0 Å². The summed E-state index contributed by atoms with van der Waals surface area (Å²) in [6.45, 7) is 4.24. The van der Waals surface area contributed by atoms with Crippen LogP contribution in [0.25, 0.3) is 0 Å². The Morgan fingerprint density at radius 1 is 1.47 bits per heavy atom. The van der Waals surface area contributed by atoms with Crippen LogP contribution >= 0.6 is 0 Å². The van der Waals surface area contributed by atoms with Gasteiger partial charge in [0, 0.05) is 19.2 Å². The van der Waals surface area contributed by atoms with E-state index in [1.807, 2.05) is 7.05 Å². The smallest absolute Gasteiger partial charge is 0.234 e. The molecule has 0 bridgehead atoms. The lowest BCUT2D eigenvalue weighted by Crippen LogP contribution is -2.42. The molecule has 4 nitrogen and oxygen atoms in total. The van der Waals surface area contributed by atoms with E-state index in [1.165, 1.54) is 12.8 Å². The average Bonchev–Trinajstić information content (AvgIpc) is 3.02. The third kappa shape index (κ3) is 3.96. The van der Waals surface area contributed by atoms with Crippen molar-refractivity contribution < 1.29 is 9.53 Å². The first-order valence-electron chi connectivity index (χ1n) is 6.75. The van der Waals surface area contributed by atoms with Crippen molar-refractivity contribution in [2.24, 2.45) is 5.92 Å². The van der Waals surface area contributed by atoms with Crippen molar-refractivity contribution in [2.45, 2.75) is 44.8 Å². The summed E-state index contributed by atoms with van der Waals surface area (Å²) >= 11 is 0. The van der Waals surface area contributed by atoms with Crippen molar-refractivity contribution in [1.82, 2.24) is 10.2 Å². The second-order valence-corrected chi connectivity index (χ2v) is 5.43. The largest absolute Gasteiger partial charge is 0.376 e. The monoisotopic (exact) mass is 240 g/mol. The Balaban J connectivity index is 1.61. The molecule has 1 heterocycles. The number of nitrogens with one attached hydrogen (secondary N) is 1. The fourth-order valence-electron chi connectivity index (χ4n) is 2.40. The standard InChI is InChI=1S/C13H24N2O2/c1-10(11-5-6-11)15(2)9-13(16)14-8-12-4-3-7-17-12/h10-12H,3-9H2,1-2H3,(H,14,16). The normalized spacial score (nSPS) is 26.2. The predicted molar refractivity (Wildman–Crippen MR) is 66.8 cm³/mol. The van der Waals surface area contributed by atoms with Crippen molar-refractivity contribution in [3.05, 3.63) is 0 Å². The molecule has 2 aliphatic rings. The second-order valence-electron chi connectivity index (χ2n) is 5.43. The predicted octanol–water partition coefficient (Wildman–Crippen LogP) is 1.01. The third-order valence-electron chi connectivity index (χ3n) is 3.94. The van der Waals surface area contributed by atoms with E-state index in [2.05, 4.69) is 17.1 Å². The summed E-state index contributed by atoms with van der Waals surface area (Å²) in [5.74, 6) is 0.932. The van der Waals surface area contributed by atoms with E-state index in [-0.39, 0.29) is 12.0 Å². The molecule has 2 unspecified atom stereocenters. The molecule has 1 saturated heterocycles. The molecule has 1 aliphatic carbocycles. The number of carbonyl (C=O) groups excluding carboxylic acids is 1. The number of likely N-dealkylation sites (N-methyl/N-ethyl adjacent to an activating group) is 1. The van der Waals surface area contributed by atoms with Gasteiger partial charge in [-0.15, -0.1) is 0 Å². The number of hydrogen-bond donors (Lipinski definition) is 1. The van der Waals surface area contributed by atoms with Crippen LogP contribution in [0.2, 0.25) is 0 Å². The van der Waals surface area contributed by atoms with Crippen molar-refractivity contribution in [2.75, 3.05) is 26.7 Å². The molecule has 0 aromatic heterocycles. The van der Waals surface area contributed by atoms with Crippen LogP contribution < -0.4 is 5.32 Å². The molecule has 0 radical (unpaired) electrons. The number of carbonyl (C=O) groups is 1. The van der Waals surface area contributed by atoms with E-state index in [0.29, 0.717) is 19.1 Å². The average molecular weight is 240 g/mol. The molecular weight excluding hydrogens is 216 g/mol. The highest BCUT2D eigenvalue weighted by Crippen LogP contribution is 2.34. The van der Waals surface area contributed by atoms with E-state index in [1.54, 1.807) is 0 Å². The minimum atomic E-state index is 0.121. The van der Waals surface area contributed by atoms with Gasteiger partial charge in [0.15, 0.2) is 0 Å². The molecule has 0 aromatic rings. The third-order valence-corrected chi connectivity index (χ3v) is 3.94. The lowest BCUT2D eigenvalue weighted by Gasteiger charge is -2.24. The molecular formula is C13H24N2O2. The maximum absolute atomic E-state index is 11.7. The lowest BCUT2D eigenvalue weighted by atomic mass is 10.2. The molecule has 1 saturated carbocycles. The number of nitrogens with zero attached hydrogens (tertiary/aromatic N) is 1. The zero-order chi connectivity index (χ0) is 12.3. The van der Waals surface area contributed by atoms with Gasteiger partial charge in [0.05, 0.1) is 12.6 Å². The van der Waals surface area contributed by atoms with Crippen LogP contribution in [0.5, 0.6) is 0 Å². The SMILES string of the molecule is CC(C1CC1)N(C)CC(=O)NCC1CCCO1. The van der Waals surface area contributed by atoms with Gasteiger partial charge < -0.3 is 10.1 Å². The molecule has 1 N–H and O–H groups in total. The van der Waals surface area contributed by atoms with Gasteiger partial charge in [0.2, 0.25) is 5.91 Å². The number of amides is 1. The zero-order valence-electron chi connectivity index (χ0n) is 10.9. The lowest BCUT2D eigenvalue weighted by molar-refractivity contribution is -0.122. The Bertz CT molecular complexity index is 260. The Hall–Kier alpha value is -0.610. The van der Waals surface area contributed by atoms with E-state index < -0.39 is 0 Å². The maximum atomic E-state index is 11.7. The number of rotatable bonds is 6. The van der Waals surface area contributed by atoms with Gasteiger partial charge in [-0.1, -0.05) is 0 Å². The molecule has 2 rings (SSSR count). The first kappa shape index (κ1) is 12.8. The molecule has 4 heteroatoms. The van der Waals surface area contributed by atoms with Gasteiger partial charge >= 0.3 is 0 Å². The summed E-state index contributed by atoms with van der Waals surface area (Å²) in [7, 11) is 2.04. The minimum Gasteiger partial charge on any atom is -0.376 e. The van der Waals surface area contributed by atoms with E-state index in [9.17, 15) is 4.79 Å². The second kappa shape index (κ2) is 5.83. The topological polar surface area (TPSA) is 41.6 Å². The highest BCUT2D eigenvalue weighted by atomic mass is 16.5. The van der Waals surface area contributed by atoms with E-state index in [4.69, 9.17) is 4.74 Å². The molecule has 0 spiro atoms. The summed E-state index contributed by atoms with van der Waals surface area (Å²) in [6, 6.07) is 0.531. The van der Waals surface area contributed by atoms with Crippen molar-refractivity contribution >= 4 is 5.91 Å². The fraction of sp³-hybridized carbons (Fsp3) is 0.923. The number of hydrogen-bond acceptors (Lipinski definition) is 3.